The monoisotopic (exact) mass is 314 g/mol. The van der Waals surface area contributed by atoms with Crippen LogP contribution < -0.4 is 18.9 Å². The second-order valence-electron chi connectivity index (χ2n) is 4.99. The van der Waals surface area contributed by atoms with E-state index in [-0.39, 0.29) is 0 Å². The molecule has 122 valence electrons. The number of hydrogen-bond acceptors (Lipinski definition) is 4. The van der Waals surface area contributed by atoms with E-state index in [1.165, 1.54) is 0 Å². The van der Waals surface area contributed by atoms with Crippen LogP contribution in [0.15, 0.2) is 30.3 Å². The molecule has 2 rings (SSSR count). The van der Waals surface area contributed by atoms with Crippen LogP contribution in [0.3, 0.4) is 0 Å². The van der Waals surface area contributed by atoms with E-state index in [0.717, 1.165) is 39.7 Å². The van der Waals surface area contributed by atoms with Gasteiger partial charge in [0.15, 0.2) is 0 Å². The molecule has 0 N–H and O–H groups in total. The van der Waals surface area contributed by atoms with Gasteiger partial charge in [-0.2, -0.15) is 0 Å². The smallest absolute Gasteiger partial charge is 0.129 e. The Morgan fingerprint density at radius 3 is 1.83 bits per heavy atom. The van der Waals surface area contributed by atoms with Gasteiger partial charge in [0.2, 0.25) is 0 Å². The van der Waals surface area contributed by atoms with Crippen molar-refractivity contribution in [2.45, 2.75) is 6.92 Å². The quantitative estimate of drug-likeness (QED) is 0.749. The van der Waals surface area contributed by atoms with E-state index in [9.17, 15) is 0 Å². The maximum absolute atomic E-state index is 5.40. The first kappa shape index (κ1) is 16.7. The Bertz CT molecular complexity index is 680. The van der Waals surface area contributed by atoms with Crippen LogP contribution in [0.2, 0.25) is 0 Å². The van der Waals surface area contributed by atoms with E-state index < -0.39 is 0 Å². The fourth-order valence-corrected chi connectivity index (χ4v) is 2.34. The minimum atomic E-state index is 0.756. The summed E-state index contributed by atoms with van der Waals surface area (Å²) in [6, 6.07) is 9.67. The molecular weight excluding hydrogens is 292 g/mol. The first-order chi connectivity index (χ1) is 11.1. The van der Waals surface area contributed by atoms with Crippen molar-refractivity contribution in [3.63, 3.8) is 0 Å². The summed E-state index contributed by atoms with van der Waals surface area (Å²) in [6.45, 7) is 1.97. The van der Waals surface area contributed by atoms with Crippen molar-refractivity contribution in [2.24, 2.45) is 0 Å². The van der Waals surface area contributed by atoms with Crippen LogP contribution in [0.25, 0.3) is 12.2 Å². The summed E-state index contributed by atoms with van der Waals surface area (Å²) < 4.78 is 21.4. The molecule has 23 heavy (non-hydrogen) atoms. The Kier molecular flexibility index (Phi) is 5.52. The van der Waals surface area contributed by atoms with E-state index in [2.05, 4.69) is 0 Å². The zero-order chi connectivity index (χ0) is 16.8. The molecule has 4 nitrogen and oxygen atoms in total. The Morgan fingerprint density at radius 1 is 0.696 bits per heavy atom. The van der Waals surface area contributed by atoms with E-state index >= 15 is 0 Å². The molecule has 2 aromatic rings. The molecule has 0 aliphatic rings. The van der Waals surface area contributed by atoms with Crippen LogP contribution >= 0.6 is 0 Å². The zero-order valence-corrected chi connectivity index (χ0v) is 14.2. The van der Waals surface area contributed by atoms with Crippen molar-refractivity contribution in [3.05, 3.63) is 47.0 Å². The van der Waals surface area contributed by atoms with Gasteiger partial charge < -0.3 is 18.9 Å². The molecule has 0 amide bonds. The number of rotatable bonds is 6. The lowest BCUT2D eigenvalue weighted by Gasteiger charge is -2.11. The highest BCUT2D eigenvalue weighted by atomic mass is 16.5. The average molecular weight is 314 g/mol. The maximum Gasteiger partial charge on any atom is 0.129 e. The molecule has 0 bridgehead atoms. The summed E-state index contributed by atoms with van der Waals surface area (Å²) >= 11 is 0. The van der Waals surface area contributed by atoms with E-state index in [0.29, 0.717) is 0 Å². The fraction of sp³-hybridized carbons (Fsp3) is 0.263. The second-order valence-corrected chi connectivity index (χ2v) is 4.99. The molecule has 0 unspecified atom stereocenters. The highest BCUT2D eigenvalue weighted by molar-refractivity contribution is 5.74. The van der Waals surface area contributed by atoms with E-state index in [4.69, 9.17) is 18.9 Å². The third-order valence-corrected chi connectivity index (χ3v) is 3.67. The number of benzene rings is 2. The highest BCUT2D eigenvalue weighted by Crippen LogP contribution is 2.31. The summed E-state index contributed by atoms with van der Waals surface area (Å²) in [5.74, 6) is 3.11. The van der Waals surface area contributed by atoms with Gasteiger partial charge in [-0.3, -0.25) is 0 Å². The minimum Gasteiger partial charge on any atom is -0.497 e. The highest BCUT2D eigenvalue weighted by Gasteiger charge is 2.07. The SMILES string of the molecule is COc1ccc(/C=C\c2cc(OC)c(C)c(OC)c2)c(OC)c1. The normalized spacial score (nSPS) is 10.7. The molecule has 0 heterocycles. The van der Waals surface area contributed by atoms with Crippen molar-refractivity contribution in [2.75, 3.05) is 28.4 Å². The molecular formula is C19H22O4. The fourth-order valence-electron chi connectivity index (χ4n) is 2.34. The van der Waals surface area contributed by atoms with Crippen LogP contribution in [-0.2, 0) is 0 Å². The molecule has 0 aromatic heterocycles. The molecule has 0 saturated heterocycles. The van der Waals surface area contributed by atoms with Crippen LogP contribution in [0, 0.1) is 6.92 Å². The molecule has 0 aliphatic heterocycles. The molecule has 4 heteroatoms. The van der Waals surface area contributed by atoms with Crippen molar-refractivity contribution in [1.29, 1.82) is 0 Å². The summed E-state index contributed by atoms with van der Waals surface area (Å²) in [5, 5.41) is 0. The van der Waals surface area contributed by atoms with Crippen molar-refractivity contribution >= 4 is 12.2 Å². The molecule has 0 aliphatic carbocycles. The Hall–Kier alpha value is -2.62. The van der Waals surface area contributed by atoms with Crippen LogP contribution in [0.4, 0.5) is 0 Å². The Balaban J connectivity index is 2.37. The van der Waals surface area contributed by atoms with Crippen molar-refractivity contribution in [1.82, 2.24) is 0 Å². The largest absolute Gasteiger partial charge is 0.497 e. The zero-order valence-electron chi connectivity index (χ0n) is 14.2. The average Bonchev–Trinajstić information content (AvgIpc) is 2.60. The summed E-state index contributed by atoms with van der Waals surface area (Å²) in [6.07, 6.45) is 3.98. The molecule has 0 radical (unpaired) electrons. The van der Waals surface area contributed by atoms with Crippen molar-refractivity contribution < 1.29 is 18.9 Å². The first-order valence-electron chi connectivity index (χ1n) is 7.25. The molecule has 0 saturated carbocycles. The molecule has 0 fully saturated rings. The second kappa shape index (κ2) is 7.58. The Morgan fingerprint density at radius 2 is 1.30 bits per heavy atom. The topological polar surface area (TPSA) is 36.9 Å². The third kappa shape index (κ3) is 3.77. The van der Waals surface area contributed by atoms with Crippen molar-refractivity contribution in [3.8, 4) is 23.0 Å². The standard InChI is InChI=1S/C19H22O4/c1-13-17(21-3)10-14(11-18(13)22-4)6-7-15-8-9-16(20-2)12-19(15)23-5/h6-12H,1-5H3/b7-6-. The lowest BCUT2D eigenvalue weighted by atomic mass is 10.1. The molecule has 0 spiro atoms. The molecule has 2 aromatic carbocycles. The number of ether oxygens (including phenoxy) is 4. The predicted molar refractivity (Wildman–Crippen MR) is 92.8 cm³/mol. The van der Waals surface area contributed by atoms with Gasteiger partial charge in [0.05, 0.1) is 28.4 Å². The minimum absolute atomic E-state index is 0.756. The Labute approximate surface area is 137 Å². The van der Waals surface area contributed by atoms with Gasteiger partial charge in [0.25, 0.3) is 0 Å². The predicted octanol–water partition coefficient (Wildman–Crippen LogP) is 4.20. The number of hydrogen-bond donors (Lipinski definition) is 0. The van der Waals surface area contributed by atoms with Gasteiger partial charge in [-0.1, -0.05) is 12.2 Å². The van der Waals surface area contributed by atoms with E-state index in [1.54, 1.807) is 28.4 Å². The van der Waals surface area contributed by atoms with E-state index in [1.807, 2.05) is 49.4 Å². The lowest BCUT2D eigenvalue weighted by molar-refractivity contribution is 0.388. The van der Waals surface area contributed by atoms with Gasteiger partial charge in [0, 0.05) is 17.2 Å². The van der Waals surface area contributed by atoms with Gasteiger partial charge in [-0.25, -0.2) is 0 Å². The third-order valence-electron chi connectivity index (χ3n) is 3.67. The van der Waals surface area contributed by atoms with Gasteiger partial charge in [0.1, 0.15) is 23.0 Å². The van der Waals surface area contributed by atoms with Crippen LogP contribution in [0.1, 0.15) is 16.7 Å². The summed E-state index contributed by atoms with van der Waals surface area (Å²) in [4.78, 5) is 0. The maximum atomic E-state index is 5.40. The molecule has 0 atom stereocenters. The van der Waals surface area contributed by atoms with Crippen LogP contribution in [0.5, 0.6) is 23.0 Å². The number of methoxy groups -OCH3 is 4. The lowest BCUT2D eigenvalue weighted by Crippen LogP contribution is -1.93. The summed E-state index contributed by atoms with van der Waals surface area (Å²) in [5.41, 5.74) is 2.93. The first-order valence-corrected chi connectivity index (χ1v) is 7.25. The van der Waals surface area contributed by atoms with Gasteiger partial charge >= 0.3 is 0 Å². The summed E-state index contributed by atoms with van der Waals surface area (Å²) in [7, 11) is 6.59. The van der Waals surface area contributed by atoms with Gasteiger partial charge in [-0.05, 0) is 36.8 Å². The van der Waals surface area contributed by atoms with Gasteiger partial charge in [-0.15, -0.1) is 0 Å². The van der Waals surface area contributed by atoms with Crippen LogP contribution in [-0.4, -0.2) is 28.4 Å².